The van der Waals surface area contributed by atoms with E-state index in [4.69, 9.17) is 5.73 Å². The molecule has 0 unspecified atom stereocenters. The van der Waals surface area contributed by atoms with E-state index in [1.165, 1.54) is 11.6 Å². The first-order valence-corrected chi connectivity index (χ1v) is 11.3. The molecule has 0 spiro atoms. The van der Waals surface area contributed by atoms with Gasteiger partial charge in [0.1, 0.15) is 5.82 Å². The van der Waals surface area contributed by atoms with Gasteiger partial charge in [-0.15, -0.1) is 0 Å². The van der Waals surface area contributed by atoms with Crippen LogP contribution >= 0.6 is 0 Å². The molecule has 0 radical (unpaired) electrons. The number of para-hydroxylation sites is 1. The zero-order valence-electron chi connectivity index (χ0n) is 18.6. The molecule has 0 saturated carbocycles. The van der Waals surface area contributed by atoms with E-state index < -0.39 is 0 Å². The van der Waals surface area contributed by atoms with Crippen LogP contribution in [-0.2, 0) is 0 Å². The second-order valence-electron chi connectivity index (χ2n) is 8.60. The van der Waals surface area contributed by atoms with E-state index in [1.807, 2.05) is 48.6 Å². The highest BCUT2D eigenvalue weighted by Crippen LogP contribution is 2.22. The molecule has 1 saturated heterocycles. The molecule has 1 amide bonds. The minimum atomic E-state index is -0.156. The molecular weight excluding hydrogens is 403 g/mol. The van der Waals surface area contributed by atoms with Crippen LogP contribution in [0.2, 0.25) is 0 Å². The van der Waals surface area contributed by atoms with Gasteiger partial charge in [-0.05, 0) is 54.7 Å². The maximum Gasteiger partial charge on any atom is 0.255 e. The number of benzene rings is 2. The van der Waals surface area contributed by atoms with Crippen LogP contribution in [-0.4, -0.2) is 43.5 Å². The smallest absolute Gasteiger partial charge is 0.255 e. The highest BCUT2D eigenvalue weighted by atomic mass is 19.1. The fourth-order valence-corrected chi connectivity index (χ4v) is 4.33. The summed E-state index contributed by atoms with van der Waals surface area (Å²) >= 11 is 0. The molecule has 32 heavy (non-hydrogen) atoms. The van der Waals surface area contributed by atoms with Crippen molar-refractivity contribution in [3.63, 3.8) is 0 Å². The highest BCUT2D eigenvalue weighted by Gasteiger charge is 2.21. The third-order valence-corrected chi connectivity index (χ3v) is 6.30. The number of carbonyl (C=O) groups is 1. The number of anilines is 1. The fourth-order valence-electron chi connectivity index (χ4n) is 4.33. The van der Waals surface area contributed by atoms with Gasteiger partial charge in [-0.2, -0.15) is 0 Å². The number of nitrogens with one attached hydrogen (secondary N) is 1. The normalized spacial score (nSPS) is 18.0. The minimum absolute atomic E-state index is 0.141. The van der Waals surface area contributed by atoms with Gasteiger partial charge in [-0.3, -0.25) is 9.69 Å². The van der Waals surface area contributed by atoms with Crippen LogP contribution in [0.3, 0.4) is 0 Å². The topological polar surface area (TPSA) is 61.6 Å². The number of hydrogen-bond acceptors (Lipinski definition) is 4. The average molecular weight is 435 g/mol. The maximum absolute atomic E-state index is 14.0. The summed E-state index contributed by atoms with van der Waals surface area (Å²) in [6.45, 7) is 6.59. The zero-order chi connectivity index (χ0) is 22.5. The molecule has 5 nitrogen and oxygen atoms in total. The van der Waals surface area contributed by atoms with Gasteiger partial charge < -0.3 is 16.0 Å². The van der Waals surface area contributed by atoms with Crippen LogP contribution in [0.1, 0.15) is 41.6 Å². The van der Waals surface area contributed by atoms with Gasteiger partial charge in [-0.1, -0.05) is 37.3 Å². The minimum Gasteiger partial charge on any atom is -0.400 e. The fraction of sp³-hybridized carbons (Fsp3) is 0.346. The molecule has 4 rings (SSSR count). The number of rotatable bonds is 6. The zero-order valence-corrected chi connectivity index (χ0v) is 18.6. The molecule has 2 aromatic rings. The Kier molecular flexibility index (Phi) is 6.90. The summed E-state index contributed by atoms with van der Waals surface area (Å²) in [7, 11) is 0. The Labute approximate surface area is 189 Å². The van der Waals surface area contributed by atoms with Crippen molar-refractivity contribution < 1.29 is 9.18 Å². The van der Waals surface area contributed by atoms with E-state index in [0.717, 1.165) is 51.3 Å². The van der Waals surface area contributed by atoms with Crippen molar-refractivity contribution >= 4 is 11.6 Å². The first kappa shape index (κ1) is 22.1. The molecular formula is C26H31FN4O. The van der Waals surface area contributed by atoms with Gasteiger partial charge in [0.25, 0.3) is 5.91 Å². The second-order valence-corrected chi connectivity index (χ2v) is 8.60. The van der Waals surface area contributed by atoms with Crippen molar-refractivity contribution in [3.05, 3.63) is 89.0 Å². The Bertz CT molecular complexity index is 1010. The van der Waals surface area contributed by atoms with Crippen LogP contribution in [0.4, 0.5) is 10.1 Å². The molecule has 0 aromatic heterocycles. The Morgan fingerprint density at radius 2 is 1.81 bits per heavy atom. The van der Waals surface area contributed by atoms with Crippen LogP contribution in [0, 0.1) is 5.82 Å². The van der Waals surface area contributed by atoms with E-state index in [1.54, 1.807) is 6.07 Å². The van der Waals surface area contributed by atoms with Gasteiger partial charge in [0.05, 0.1) is 11.4 Å². The summed E-state index contributed by atoms with van der Waals surface area (Å²) in [5.74, 6) is 0.0432. The molecule has 2 aliphatic rings. The molecule has 1 aliphatic carbocycles. The third-order valence-electron chi connectivity index (χ3n) is 6.30. The van der Waals surface area contributed by atoms with Gasteiger partial charge >= 0.3 is 0 Å². The average Bonchev–Trinajstić information content (AvgIpc) is 2.81. The van der Waals surface area contributed by atoms with E-state index in [9.17, 15) is 9.18 Å². The van der Waals surface area contributed by atoms with E-state index in [2.05, 4.69) is 22.0 Å². The lowest BCUT2D eigenvalue weighted by Crippen LogP contribution is -2.47. The SMILES string of the molecule is C[C@@H](CN1CCN(c2ccccc2F)CC1)c1ccc(C(=O)NC2=C(N)CCC=C2)cc1. The lowest BCUT2D eigenvalue weighted by atomic mass is 9.98. The molecule has 1 atom stereocenters. The van der Waals surface area contributed by atoms with Crippen LogP contribution in [0.15, 0.2) is 72.1 Å². The monoisotopic (exact) mass is 434 g/mol. The van der Waals surface area contributed by atoms with Gasteiger partial charge in [0, 0.05) is 44.0 Å². The number of amides is 1. The summed E-state index contributed by atoms with van der Waals surface area (Å²) in [4.78, 5) is 17.1. The summed E-state index contributed by atoms with van der Waals surface area (Å²) in [5, 5.41) is 2.91. The molecule has 1 heterocycles. The number of hydrogen-bond donors (Lipinski definition) is 2. The van der Waals surface area contributed by atoms with E-state index >= 15 is 0 Å². The molecule has 6 heteroatoms. The standard InChI is InChI=1S/C26H31FN4O/c1-19(18-30-14-16-31(17-15-30)25-9-5-2-6-22(25)27)20-10-12-21(13-11-20)26(32)29-24-8-4-3-7-23(24)28/h2,4-6,8-13,19H,3,7,14-18,28H2,1H3,(H,29,32)/t19-/m0/s1. The molecule has 3 N–H and O–H groups in total. The number of allylic oxidation sites excluding steroid dienone is 3. The molecule has 0 bridgehead atoms. The molecule has 1 aliphatic heterocycles. The number of nitrogens with zero attached hydrogens (tertiary/aromatic N) is 2. The van der Waals surface area contributed by atoms with Gasteiger partial charge in [0.2, 0.25) is 0 Å². The van der Waals surface area contributed by atoms with E-state index in [-0.39, 0.29) is 11.7 Å². The Morgan fingerprint density at radius 3 is 2.50 bits per heavy atom. The number of piperazine rings is 1. The number of halogens is 1. The quantitative estimate of drug-likeness (QED) is 0.721. The summed E-state index contributed by atoms with van der Waals surface area (Å²) in [6, 6.07) is 14.8. The lowest BCUT2D eigenvalue weighted by Gasteiger charge is -2.37. The van der Waals surface area contributed by atoms with Crippen molar-refractivity contribution in [3.8, 4) is 0 Å². The maximum atomic E-state index is 14.0. The predicted molar refractivity (Wildman–Crippen MR) is 127 cm³/mol. The van der Waals surface area contributed by atoms with Crippen molar-refractivity contribution in [2.45, 2.75) is 25.7 Å². The first-order valence-electron chi connectivity index (χ1n) is 11.3. The van der Waals surface area contributed by atoms with Crippen LogP contribution in [0.25, 0.3) is 0 Å². The Hall–Kier alpha value is -3.12. The van der Waals surface area contributed by atoms with Gasteiger partial charge in [-0.25, -0.2) is 4.39 Å². The summed E-state index contributed by atoms with van der Waals surface area (Å²) in [5.41, 5.74) is 9.94. The third kappa shape index (κ3) is 5.19. The van der Waals surface area contributed by atoms with E-state index in [0.29, 0.717) is 22.9 Å². The van der Waals surface area contributed by atoms with Crippen molar-refractivity contribution in [2.75, 3.05) is 37.6 Å². The van der Waals surface area contributed by atoms with Crippen molar-refractivity contribution in [1.82, 2.24) is 10.2 Å². The second kappa shape index (κ2) is 10.0. The lowest BCUT2D eigenvalue weighted by molar-refractivity contribution is 0.0966. The molecule has 1 fully saturated rings. The number of nitrogens with two attached hydrogens (primary N) is 1. The van der Waals surface area contributed by atoms with Crippen molar-refractivity contribution in [2.24, 2.45) is 5.73 Å². The van der Waals surface area contributed by atoms with Crippen LogP contribution < -0.4 is 16.0 Å². The Morgan fingerprint density at radius 1 is 1.09 bits per heavy atom. The van der Waals surface area contributed by atoms with Crippen LogP contribution in [0.5, 0.6) is 0 Å². The first-order chi connectivity index (χ1) is 15.5. The predicted octanol–water partition coefficient (Wildman–Crippen LogP) is 4.00. The highest BCUT2D eigenvalue weighted by molar-refractivity contribution is 5.95. The summed E-state index contributed by atoms with van der Waals surface area (Å²) < 4.78 is 14.0. The Balaban J connectivity index is 1.30. The summed E-state index contributed by atoms with van der Waals surface area (Å²) in [6.07, 6.45) is 5.58. The number of carbonyl (C=O) groups excluding carboxylic acids is 1. The van der Waals surface area contributed by atoms with Crippen molar-refractivity contribution in [1.29, 1.82) is 0 Å². The largest absolute Gasteiger partial charge is 0.400 e. The molecule has 168 valence electrons. The van der Waals surface area contributed by atoms with Gasteiger partial charge in [0.15, 0.2) is 0 Å². The molecule has 2 aromatic carbocycles.